The average Bonchev–Trinajstić information content (AvgIpc) is 2.81. The van der Waals surface area contributed by atoms with Gasteiger partial charge in [-0.25, -0.2) is 0 Å². The van der Waals surface area contributed by atoms with Gasteiger partial charge in [-0.2, -0.15) is 10.4 Å². The third-order valence-electron chi connectivity index (χ3n) is 2.55. The van der Waals surface area contributed by atoms with Crippen molar-refractivity contribution in [1.82, 2.24) is 9.78 Å². The molecule has 0 aliphatic rings. The summed E-state index contributed by atoms with van der Waals surface area (Å²) in [5.74, 6) is -1.30. The number of aryl methyl sites for hydroxylation is 1. The van der Waals surface area contributed by atoms with Crippen molar-refractivity contribution in [3.8, 4) is 17.3 Å². The molecule has 19 heavy (non-hydrogen) atoms. The van der Waals surface area contributed by atoms with Gasteiger partial charge < -0.3 is 9.90 Å². The largest absolute Gasteiger partial charge is 0.545 e. The number of halogens is 1. The molecule has 0 saturated carbocycles. The van der Waals surface area contributed by atoms with Crippen molar-refractivity contribution in [2.75, 3.05) is 0 Å². The molecule has 0 N–H and O–H groups in total. The maximum atomic E-state index is 11.1. The molecule has 0 unspecified atom stereocenters. The van der Waals surface area contributed by atoms with E-state index in [1.54, 1.807) is 24.3 Å². The highest BCUT2D eigenvalue weighted by Crippen LogP contribution is 2.23. The minimum absolute atomic E-state index is 0.000243. The van der Waals surface area contributed by atoms with Crippen LogP contribution in [0.5, 0.6) is 0 Å². The quantitative estimate of drug-likeness (QED) is 0.845. The molecule has 0 aliphatic heterocycles. The van der Waals surface area contributed by atoms with Gasteiger partial charge in [-0.1, -0.05) is 23.7 Å². The molecule has 0 amide bonds. The summed E-state index contributed by atoms with van der Waals surface area (Å²) in [6.07, 6.45) is 1.63. The highest BCUT2D eigenvalue weighted by molar-refractivity contribution is 6.30. The summed E-state index contributed by atoms with van der Waals surface area (Å²) in [7, 11) is 0. The average molecular weight is 275 g/mol. The fourth-order valence-corrected chi connectivity index (χ4v) is 1.80. The van der Waals surface area contributed by atoms with Gasteiger partial charge in [0.05, 0.1) is 25.0 Å². The van der Waals surface area contributed by atoms with Crippen molar-refractivity contribution in [3.05, 3.63) is 41.0 Å². The monoisotopic (exact) mass is 274 g/mol. The molecule has 1 aromatic carbocycles. The van der Waals surface area contributed by atoms with Gasteiger partial charge in [-0.05, 0) is 12.1 Å². The second kappa shape index (κ2) is 5.55. The number of rotatable bonds is 4. The van der Waals surface area contributed by atoms with E-state index in [9.17, 15) is 9.90 Å². The van der Waals surface area contributed by atoms with Gasteiger partial charge in [-0.15, -0.1) is 0 Å². The molecule has 1 heterocycles. The topological polar surface area (TPSA) is 81.7 Å². The van der Waals surface area contributed by atoms with Crippen LogP contribution >= 0.6 is 11.6 Å². The van der Waals surface area contributed by atoms with Gasteiger partial charge in [0, 0.05) is 22.3 Å². The van der Waals surface area contributed by atoms with Gasteiger partial charge in [0.25, 0.3) is 0 Å². The molecule has 96 valence electrons. The number of aromatic nitrogens is 2. The first kappa shape index (κ1) is 13.1. The molecule has 0 radical (unpaired) electrons. The zero-order valence-electron chi connectivity index (χ0n) is 9.84. The highest BCUT2D eigenvalue weighted by atomic mass is 35.5. The number of carboxylic acid groups (broad SMARTS) is 1. The predicted molar refractivity (Wildman–Crippen MR) is 67.2 cm³/mol. The number of nitriles is 1. The van der Waals surface area contributed by atoms with Crippen molar-refractivity contribution in [2.45, 2.75) is 13.0 Å². The van der Waals surface area contributed by atoms with Gasteiger partial charge in [0.15, 0.2) is 0 Å². The Kier molecular flexibility index (Phi) is 3.83. The molecule has 1 aromatic heterocycles. The standard InChI is InChI=1S/C13H10ClN3O2/c14-10-4-2-9(3-5-10)12-11(13(18)19)8-17(16-12)7-1-6-15/h2-5,8H,1,7H2,(H,18,19)/p-1. The normalized spacial score (nSPS) is 10.1. The fourth-order valence-electron chi connectivity index (χ4n) is 1.67. The molecular weight excluding hydrogens is 266 g/mol. The van der Waals surface area contributed by atoms with Crippen molar-refractivity contribution < 1.29 is 9.90 Å². The molecule has 0 bridgehead atoms. The maximum Gasteiger partial charge on any atom is 0.101 e. The van der Waals surface area contributed by atoms with E-state index in [4.69, 9.17) is 16.9 Å². The smallest absolute Gasteiger partial charge is 0.101 e. The summed E-state index contributed by atoms with van der Waals surface area (Å²) in [4.78, 5) is 11.1. The minimum Gasteiger partial charge on any atom is -0.545 e. The Hall–Kier alpha value is -2.32. The molecule has 6 heteroatoms. The molecule has 0 spiro atoms. The van der Waals surface area contributed by atoms with Crippen LogP contribution in [0, 0.1) is 11.3 Å². The first-order valence-electron chi connectivity index (χ1n) is 5.53. The Morgan fingerprint density at radius 2 is 2.11 bits per heavy atom. The fraction of sp³-hybridized carbons (Fsp3) is 0.154. The second-order valence-electron chi connectivity index (χ2n) is 3.86. The number of carboxylic acids is 1. The predicted octanol–water partition coefficient (Wildman–Crippen LogP) is 1.48. The summed E-state index contributed by atoms with van der Waals surface area (Å²) in [6, 6.07) is 8.67. The zero-order valence-corrected chi connectivity index (χ0v) is 10.6. The number of nitrogens with zero attached hydrogens (tertiary/aromatic N) is 3. The van der Waals surface area contributed by atoms with Crippen molar-refractivity contribution >= 4 is 17.6 Å². The Bertz CT molecular complexity index is 641. The van der Waals surface area contributed by atoms with Crippen molar-refractivity contribution in [1.29, 1.82) is 5.26 Å². The lowest BCUT2D eigenvalue weighted by atomic mass is 10.1. The molecule has 2 aromatic rings. The summed E-state index contributed by atoms with van der Waals surface area (Å²) in [5, 5.41) is 24.3. The first-order chi connectivity index (χ1) is 9.11. The van der Waals surface area contributed by atoms with Crippen LogP contribution in [0.4, 0.5) is 0 Å². The van der Waals surface area contributed by atoms with E-state index in [2.05, 4.69) is 5.10 Å². The number of carbonyl (C=O) groups excluding carboxylic acids is 1. The third kappa shape index (κ3) is 2.92. The summed E-state index contributed by atoms with van der Waals surface area (Å²) in [5.41, 5.74) is 0.953. The Morgan fingerprint density at radius 1 is 1.42 bits per heavy atom. The van der Waals surface area contributed by atoms with Crippen LogP contribution in [-0.4, -0.2) is 15.7 Å². The molecule has 0 atom stereocenters. The van der Waals surface area contributed by atoms with Crippen LogP contribution in [0.3, 0.4) is 0 Å². The zero-order chi connectivity index (χ0) is 13.8. The van der Waals surface area contributed by atoms with E-state index in [1.807, 2.05) is 6.07 Å². The SMILES string of the molecule is N#CCCn1cc(C(=O)[O-])c(-c2ccc(Cl)cc2)n1. The van der Waals surface area contributed by atoms with Crippen LogP contribution in [-0.2, 0) is 6.54 Å². The molecule has 0 aliphatic carbocycles. The number of benzene rings is 1. The van der Waals surface area contributed by atoms with Crippen molar-refractivity contribution in [2.24, 2.45) is 0 Å². The molecule has 5 nitrogen and oxygen atoms in total. The lowest BCUT2D eigenvalue weighted by Gasteiger charge is -2.02. The third-order valence-corrected chi connectivity index (χ3v) is 2.80. The molecule has 0 fully saturated rings. The van der Waals surface area contributed by atoms with Crippen LogP contribution in [0.2, 0.25) is 5.02 Å². The van der Waals surface area contributed by atoms with E-state index >= 15 is 0 Å². The van der Waals surface area contributed by atoms with Crippen LogP contribution < -0.4 is 5.11 Å². The number of hydrogen-bond acceptors (Lipinski definition) is 4. The second-order valence-corrected chi connectivity index (χ2v) is 4.29. The lowest BCUT2D eigenvalue weighted by molar-refractivity contribution is -0.254. The Labute approximate surface area is 114 Å². The first-order valence-corrected chi connectivity index (χ1v) is 5.91. The van der Waals surface area contributed by atoms with E-state index in [0.717, 1.165) is 0 Å². The number of carbonyl (C=O) groups is 1. The number of hydrogen-bond donors (Lipinski definition) is 0. The van der Waals surface area contributed by atoms with Crippen molar-refractivity contribution in [3.63, 3.8) is 0 Å². The lowest BCUT2D eigenvalue weighted by Crippen LogP contribution is -2.22. The van der Waals surface area contributed by atoms with E-state index in [-0.39, 0.29) is 12.0 Å². The van der Waals surface area contributed by atoms with Gasteiger partial charge in [0.1, 0.15) is 5.69 Å². The van der Waals surface area contributed by atoms with Crippen LogP contribution in [0.1, 0.15) is 16.8 Å². The van der Waals surface area contributed by atoms with Gasteiger partial charge in [-0.3, -0.25) is 4.68 Å². The van der Waals surface area contributed by atoms with E-state index < -0.39 is 5.97 Å². The number of aromatic carboxylic acids is 1. The van der Waals surface area contributed by atoms with Gasteiger partial charge in [0.2, 0.25) is 0 Å². The molecular formula is C13H9ClN3O2-. The maximum absolute atomic E-state index is 11.1. The highest BCUT2D eigenvalue weighted by Gasteiger charge is 2.12. The van der Waals surface area contributed by atoms with Crippen LogP contribution in [0.25, 0.3) is 11.3 Å². The van der Waals surface area contributed by atoms with Gasteiger partial charge >= 0.3 is 0 Å². The Morgan fingerprint density at radius 3 is 2.68 bits per heavy atom. The summed E-state index contributed by atoms with van der Waals surface area (Å²) >= 11 is 5.78. The van der Waals surface area contributed by atoms with E-state index in [1.165, 1.54) is 10.9 Å². The summed E-state index contributed by atoms with van der Waals surface area (Å²) in [6.45, 7) is 0.338. The molecule has 0 saturated heterocycles. The van der Waals surface area contributed by atoms with Crippen LogP contribution in [0.15, 0.2) is 30.5 Å². The Balaban J connectivity index is 2.43. The minimum atomic E-state index is -1.30. The summed E-state index contributed by atoms with van der Waals surface area (Å²) < 4.78 is 1.43. The van der Waals surface area contributed by atoms with E-state index in [0.29, 0.717) is 22.8 Å². The molecule has 2 rings (SSSR count).